The number of likely N-dealkylation sites (tertiary alicyclic amines) is 1. The van der Waals surface area contributed by atoms with Crippen molar-refractivity contribution in [2.45, 2.75) is 18.9 Å². The molecule has 0 saturated carbocycles. The molecule has 1 aliphatic heterocycles. The first-order valence-electron chi connectivity index (χ1n) is 6.74. The van der Waals surface area contributed by atoms with Gasteiger partial charge >= 0.3 is 12.0 Å². The quantitative estimate of drug-likeness (QED) is 0.780. The highest BCUT2D eigenvalue weighted by Crippen LogP contribution is 2.23. The molecule has 1 saturated heterocycles. The van der Waals surface area contributed by atoms with E-state index in [9.17, 15) is 14.7 Å². The third-order valence-electron chi connectivity index (χ3n) is 3.44. The molecule has 1 heterocycles. The maximum Gasteiger partial charge on any atom is 0.337 e. The number of methoxy groups -OCH3 is 1. The Morgan fingerprint density at radius 3 is 2.86 bits per heavy atom. The van der Waals surface area contributed by atoms with Gasteiger partial charge in [-0.1, -0.05) is 0 Å². The van der Waals surface area contributed by atoms with Crippen LogP contribution in [0.25, 0.3) is 0 Å². The predicted octanol–water partition coefficient (Wildman–Crippen LogP) is 1.35. The van der Waals surface area contributed by atoms with Gasteiger partial charge < -0.3 is 25.8 Å². The Hall–Kier alpha value is -2.28. The first-order valence-corrected chi connectivity index (χ1v) is 6.74. The Kier molecular flexibility index (Phi) is 4.64. The number of nitrogens with one attached hydrogen (secondary N) is 1. The van der Waals surface area contributed by atoms with Crippen LogP contribution in [0.3, 0.4) is 0 Å². The molecule has 0 radical (unpaired) electrons. The molecular formula is C14H19N3O4. The number of anilines is 1. The van der Waals surface area contributed by atoms with E-state index in [1.54, 1.807) is 11.0 Å². The molecule has 0 spiro atoms. The van der Waals surface area contributed by atoms with E-state index in [0.717, 1.165) is 12.8 Å². The fraction of sp³-hybridized carbons (Fsp3) is 0.429. The zero-order chi connectivity index (χ0) is 15.4. The number of carbonyl (C=O) groups is 2. The van der Waals surface area contributed by atoms with E-state index in [1.165, 1.54) is 19.2 Å². The van der Waals surface area contributed by atoms with Crippen molar-refractivity contribution in [2.24, 2.45) is 5.73 Å². The van der Waals surface area contributed by atoms with Gasteiger partial charge in [-0.2, -0.15) is 0 Å². The lowest BCUT2D eigenvalue weighted by atomic mass is 10.1. The summed E-state index contributed by atoms with van der Waals surface area (Å²) in [6.07, 6.45) is 1.75. The smallest absolute Gasteiger partial charge is 0.337 e. The highest BCUT2D eigenvalue weighted by atomic mass is 16.5. The van der Waals surface area contributed by atoms with Crippen molar-refractivity contribution in [3.63, 3.8) is 0 Å². The largest absolute Gasteiger partial charge is 0.497 e. The molecule has 0 aromatic heterocycles. The van der Waals surface area contributed by atoms with Gasteiger partial charge in [-0.15, -0.1) is 0 Å². The van der Waals surface area contributed by atoms with Gasteiger partial charge in [0.1, 0.15) is 5.75 Å². The summed E-state index contributed by atoms with van der Waals surface area (Å²) in [5.74, 6) is -0.704. The zero-order valence-electron chi connectivity index (χ0n) is 11.8. The lowest BCUT2D eigenvalue weighted by molar-refractivity contribution is 0.0697. The van der Waals surface area contributed by atoms with Crippen molar-refractivity contribution < 1.29 is 19.4 Å². The molecule has 4 N–H and O–H groups in total. The highest BCUT2D eigenvalue weighted by Gasteiger charge is 2.22. The second kappa shape index (κ2) is 6.45. The number of amides is 2. The van der Waals surface area contributed by atoms with Gasteiger partial charge in [0, 0.05) is 19.1 Å². The van der Waals surface area contributed by atoms with Crippen LogP contribution in [-0.4, -0.2) is 48.2 Å². The minimum atomic E-state index is -1.13. The normalized spacial score (nSPS) is 18.2. The third kappa shape index (κ3) is 3.63. The summed E-state index contributed by atoms with van der Waals surface area (Å²) in [4.78, 5) is 25.0. The Balaban J connectivity index is 2.14. The topological polar surface area (TPSA) is 105 Å². The Bertz CT molecular complexity index is 547. The number of carboxylic acids is 1. The van der Waals surface area contributed by atoms with E-state index < -0.39 is 5.97 Å². The van der Waals surface area contributed by atoms with Crippen molar-refractivity contribution >= 4 is 17.7 Å². The van der Waals surface area contributed by atoms with E-state index in [0.29, 0.717) is 18.8 Å². The molecule has 1 aliphatic rings. The number of rotatable bonds is 3. The van der Waals surface area contributed by atoms with Gasteiger partial charge in [0.25, 0.3) is 0 Å². The summed E-state index contributed by atoms with van der Waals surface area (Å²) >= 11 is 0. The zero-order valence-corrected chi connectivity index (χ0v) is 11.8. The summed E-state index contributed by atoms with van der Waals surface area (Å²) in [6.45, 7) is 1.10. The fourth-order valence-corrected chi connectivity index (χ4v) is 2.32. The number of piperidine rings is 1. The number of urea groups is 1. The maximum absolute atomic E-state index is 12.2. The van der Waals surface area contributed by atoms with E-state index in [1.807, 2.05) is 0 Å². The Morgan fingerprint density at radius 2 is 2.24 bits per heavy atom. The molecule has 1 aromatic carbocycles. The number of ether oxygens (including phenoxy) is 1. The van der Waals surface area contributed by atoms with Crippen LogP contribution in [0.4, 0.5) is 10.5 Å². The van der Waals surface area contributed by atoms with Crippen LogP contribution in [0.15, 0.2) is 18.2 Å². The molecule has 0 bridgehead atoms. The number of carboxylic acid groups (broad SMARTS) is 1. The van der Waals surface area contributed by atoms with Crippen molar-refractivity contribution in [1.82, 2.24) is 4.90 Å². The molecule has 1 aromatic rings. The van der Waals surface area contributed by atoms with Gasteiger partial charge in [-0.3, -0.25) is 0 Å². The Morgan fingerprint density at radius 1 is 1.48 bits per heavy atom. The van der Waals surface area contributed by atoms with Gasteiger partial charge in [0.2, 0.25) is 0 Å². The molecule has 2 rings (SSSR count). The molecule has 7 heteroatoms. The van der Waals surface area contributed by atoms with E-state index in [-0.39, 0.29) is 23.3 Å². The molecule has 1 atom stereocenters. The molecule has 0 aliphatic carbocycles. The van der Waals surface area contributed by atoms with Gasteiger partial charge in [-0.25, -0.2) is 9.59 Å². The average molecular weight is 293 g/mol. The summed E-state index contributed by atoms with van der Waals surface area (Å²) in [7, 11) is 1.45. The average Bonchev–Trinajstić information content (AvgIpc) is 2.47. The summed E-state index contributed by atoms with van der Waals surface area (Å²) in [6, 6.07) is 4.13. The van der Waals surface area contributed by atoms with Crippen LogP contribution >= 0.6 is 0 Å². The summed E-state index contributed by atoms with van der Waals surface area (Å²) in [5.41, 5.74) is 6.07. The van der Waals surface area contributed by atoms with Crippen molar-refractivity contribution in [2.75, 3.05) is 25.5 Å². The van der Waals surface area contributed by atoms with Crippen LogP contribution in [0.2, 0.25) is 0 Å². The third-order valence-corrected chi connectivity index (χ3v) is 3.44. The number of aromatic carboxylic acids is 1. The van der Waals surface area contributed by atoms with E-state index in [2.05, 4.69) is 5.32 Å². The monoisotopic (exact) mass is 293 g/mol. The van der Waals surface area contributed by atoms with E-state index >= 15 is 0 Å². The number of nitrogens with two attached hydrogens (primary N) is 1. The SMILES string of the molecule is COc1ccc(NC(=O)N2CCCC(N)C2)c(C(=O)O)c1. The van der Waals surface area contributed by atoms with E-state index in [4.69, 9.17) is 10.5 Å². The number of hydrogen-bond acceptors (Lipinski definition) is 4. The minimum absolute atomic E-state index is 0.0102. The second-order valence-corrected chi connectivity index (χ2v) is 5.00. The van der Waals surface area contributed by atoms with Crippen LogP contribution in [0.5, 0.6) is 5.75 Å². The molecule has 114 valence electrons. The molecule has 7 nitrogen and oxygen atoms in total. The van der Waals surface area contributed by atoms with Crippen LogP contribution < -0.4 is 15.8 Å². The number of carbonyl (C=O) groups excluding carboxylic acids is 1. The maximum atomic E-state index is 12.2. The highest BCUT2D eigenvalue weighted by molar-refractivity contribution is 6.00. The van der Waals surface area contributed by atoms with Crippen LogP contribution in [0.1, 0.15) is 23.2 Å². The summed E-state index contributed by atoms with van der Waals surface area (Å²) < 4.78 is 4.99. The fourth-order valence-electron chi connectivity index (χ4n) is 2.32. The first kappa shape index (κ1) is 15.1. The van der Waals surface area contributed by atoms with Gasteiger partial charge in [0.15, 0.2) is 0 Å². The number of nitrogens with zero attached hydrogens (tertiary/aromatic N) is 1. The van der Waals surface area contributed by atoms with Crippen LogP contribution in [-0.2, 0) is 0 Å². The van der Waals surface area contributed by atoms with Crippen LogP contribution in [0, 0.1) is 0 Å². The van der Waals surface area contributed by atoms with Crippen molar-refractivity contribution in [1.29, 1.82) is 0 Å². The second-order valence-electron chi connectivity index (χ2n) is 5.00. The lowest BCUT2D eigenvalue weighted by Crippen LogP contribution is -2.47. The lowest BCUT2D eigenvalue weighted by Gasteiger charge is -2.30. The first-order chi connectivity index (χ1) is 10.0. The van der Waals surface area contributed by atoms with Gasteiger partial charge in [-0.05, 0) is 31.0 Å². The molecule has 2 amide bonds. The summed E-state index contributed by atoms with van der Waals surface area (Å²) in [5, 5.41) is 11.8. The predicted molar refractivity (Wildman–Crippen MR) is 77.8 cm³/mol. The standard InChI is InChI=1S/C14H19N3O4/c1-21-10-4-5-12(11(7-10)13(18)19)16-14(20)17-6-2-3-9(15)8-17/h4-5,7,9H,2-3,6,8,15H2,1H3,(H,16,20)(H,18,19). The van der Waals surface area contributed by atoms with Gasteiger partial charge in [0.05, 0.1) is 18.4 Å². The van der Waals surface area contributed by atoms with Crippen molar-refractivity contribution in [3.8, 4) is 5.75 Å². The van der Waals surface area contributed by atoms with Crippen molar-refractivity contribution in [3.05, 3.63) is 23.8 Å². The minimum Gasteiger partial charge on any atom is -0.497 e. The molecule has 1 unspecified atom stereocenters. The molecular weight excluding hydrogens is 274 g/mol. The number of hydrogen-bond donors (Lipinski definition) is 3. The Labute approximate surface area is 122 Å². The molecule has 1 fully saturated rings. The number of benzene rings is 1. The molecule has 21 heavy (non-hydrogen) atoms.